The van der Waals surface area contributed by atoms with Crippen LogP contribution in [-0.2, 0) is 0 Å². The number of fused-ring (bicyclic) bond motifs is 5. The van der Waals surface area contributed by atoms with Crippen molar-refractivity contribution in [1.29, 1.82) is 0 Å². The average Bonchev–Trinajstić information content (AvgIpc) is 2.60. The lowest BCUT2D eigenvalue weighted by Crippen LogP contribution is -2.36. The smallest absolute Gasteiger partial charge is 0.314 e. The number of rotatable bonds is 1. The maximum Gasteiger partial charge on any atom is 0.314 e. The highest BCUT2D eigenvalue weighted by Gasteiger charge is 2.65. The van der Waals surface area contributed by atoms with Crippen molar-refractivity contribution >= 4 is 6.03 Å². The fraction of sp³-hybridized carbons (Fsp3) is 0.900. The summed E-state index contributed by atoms with van der Waals surface area (Å²) in [6, 6.07) is 0.519. The second kappa shape index (κ2) is 2.40. The van der Waals surface area contributed by atoms with Gasteiger partial charge in [-0.25, -0.2) is 4.79 Å². The zero-order valence-electron chi connectivity index (χ0n) is 7.92. The van der Waals surface area contributed by atoms with Crippen LogP contribution in [0.1, 0.15) is 19.3 Å². The Bertz CT molecular complexity index is 237. The van der Waals surface area contributed by atoms with Gasteiger partial charge in [-0.05, 0) is 42.9 Å². The van der Waals surface area contributed by atoms with Crippen molar-refractivity contribution in [3.63, 3.8) is 0 Å². The number of hydrogen-bond acceptors (Lipinski definition) is 1. The van der Waals surface area contributed by atoms with Gasteiger partial charge in [0.25, 0.3) is 0 Å². The zero-order chi connectivity index (χ0) is 9.00. The molecule has 0 saturated heterocycles. The number of nitrogens with one attached hydrogen (secondary N) is 2. The molecule has 0 aliphatic heterocycles. The number of carbonyl (C=O) groups is 1. The van der Waals surface area contributed by atoms with Crippen LogP contribution >= 0.6 is 0 Å². The summed E-state index contributed by atoms with van der Waals surface area (Å²) < 4.78 is 0. The summed E-state index contributed by atoms with van der Waals surface area (Å²) in [6.07, 6.45) is 4.27. The Balaban J connectivity index is 1.64. The molecule has 3 nitrogen and oxygen atoms in total. The van der Waals surface area contributed by atoms with Gasteiger partial charge in [0, 0.05) is 13.1 Å². The number of urea groups is 1. The van der Waals surface area contributed by atoms with Crippen LogP contribution in [0.4, 0.5) is 4.79 Å². The van der Waals surface area contributed by atoms with Gasteiger partial charge in [-0.1, -0.05) is 0 Å². The van der Waals surface area contributed by atoms with E-state index in [2.05, 4.69) is 10.6 Å². The molecule has 3 aliphatic rings. The van der Waals surface area contributed by atoms with Gasteiger partial charge in [0.05, 0.1) is 0 Å². The Labute approximate surface area is 78.3 Å². The molecule has 0 aromatic heterocycles. The van der Waals surface area contributed by atoms with Crippen molar-refractivity contribution < 1.29 is 4.79 Å². The van der Waals surface area contributed by atoms with Crippen LogP contribution in [0, 0.1) is 23.7 Å². The number of carbonyl (C=O) groups excluding carboxylic acids is 1. The second-order valence-electron chi connectivity index (χ2n) is 4.74. The topological polar surface area (TPSA) is 41.1 Å². The van der Waals surface area contributed by atoms with Gasteiger partial charge < -0.3 is 10.6 Å². The number of hydrogen-bond donors (Lipinski definition) is 2. The van der Waals surface area contributed by atoms with E-state index in [0.717, 1.165) is 23.7 Å². The largest absolute Gasteiger partial charge is 0.341 e. The predicted octanol–water partition coefficient (Wildman–Crippen LogP) is 0.960. The molecule has 4 atom stereocenters. The van der Waals surface area contributed by atoms with E-state index in [-0.39, 0.29) is 6.03 Å². The number of amides is 2. The molecule has 3 fully saturated rings. The highest BCUT2D eigenvalue weighted by Crippen LogP contribution is 2.65. The first-order valence-corrected chi connectivity index (χ1v) is 5.29. The summed E-state index contributed by atoms with van der Waals surface area (Å²) in [5.74, 6) is 3.57. The molecule has 2 amide bonds. The molecule has 72 valence electrons. The van der Waals surface area contributed by atoms with E-state index in [1.807, 2.05) is 0 Å². The third-order valence-corrected chi connectivity index (χ3v) is 4.26. The van der Waals surface area contributed by atoms with Gasteiger partial charge >= 0.3 is 6.03 Å². The molecule has 0 heterocycles. The van der Waals surface area contributed by atoms with Crippen molar-refractivity contribution in [2.24, 2.45) is 23.7 Å². The van der Waals surface area contributed by atoms with E-state index in [4.69, 9.17) is 0 Å². The quantitative estimate of drug-likeness (QED) is 0.620. The van der Waals surface area contributed by atoms with Crippen LogP contribution in [0.2, 0.25) is 0 Å². The third-order valence-electron chi connectivity index (χ3n) is 4.26. The van der Waals surface area contributed by atoms with Crippen molar-refractivity contribution in [2.75, 3.05) is 7.05 Å². The van der Waals surface area contributed by atoms with Crippen molar-refractivity contribution in [2.45, 2.75) is 25.3 Å². The minimum Gasteiger partial charge on any atom is -0.341 e. The Morgan fingerprint density at radius 1 is 1.23 bits per heavy atom. The molecule has 0 aromatic carbocycles. The maximum atomic E-state index is 11.1. The lowest BCUT2D eigenvalue weighted by molar-refractivity contribution is 0.240. The van der Waals surface area contributed by atoms with Crippen LogP contribution in [0.15, 0.2) is 0 Å². The maximum absolute atomic E-state index is 11.1. The van der Waals surface area contributed by atoms with E-state index in [1.165, 1.54) is 19.3 Å². The van der Waals surface area contributed by atoms with Crippen molar-refractivity contribution in [3.8, 4) is 0 Å². The second-order valence-corrected chi connectivity index (χ2v) is 4.74. The van der Waals surface area contributed by atoms with Crippen LogP contribution in [0.3, 0.4) is 0 Å². The van der Waals surface area contributed by atoms with E-state index in [0.29, 0.717) is 6.04 Å². The normalized spacial score (nSPS) is 50.1. The van der Waals surface area contributed by atoms with Crippen LogP contribution in [0.25, 0.3) is 0 Å². The van der Waals surface area contributed by atoms with Gasteiger partial charge in [-0.2, -0.15) is 0 Å². The molecule has 13 heavy (non-hydrogen) atoms. The average molecular weight is 180 g/mol. The molecule has 3 rings (SSSR count). The van der Waals surface area contributed by atoms with E-state index < -0.39 is 0 Å². The summed E-state index contributed by atoms with van der Waals surface area (Å²) in [7, 11) is 1.68. The summed E-state index contributed by atoms with van der Waals surface area (Å²) in [4.78, 5) is 11.1. The Morgan fingerprint density at radius 3 is 2.38 bits per heavy atom. The molecule has 4 unspecified atom stereocenters. The summed E-state index contributed by atoms with van der Waals surface area (Å²) >= 11 is 0. The third kappa shape index (κ3) is 0.930. The van der Waals surface area contributed by atoms with Crippen LogP contribution in [0.5, 0.6) is 0 Å². The highest BCUT2D eigenvalue weighted by atomic mass is 16.2. The van der Waals surface area contributed by atoms with E-state index in [1.54, 1.807) is 7.05 Å². The first-order valence-electron chi connectivity index (χ1n) is 5.29. The minimum atomic E-state index is -0.00111. The molecule has 2 N–H and O–H groups in total. The standard InChI is InChI=1S/C10H16N2O/c1-11-10(13)12-9-7-5-2-3-6(4-5)8(7)9/h5-9H,2-4H2,1H3,(H2,11,12,13). The lowest BCUT2D eigenvalue weighted by Gasteiger charge is -2.09. The molecular weight excluding hydrogens is 164 g/mol. The lowest BCUT2D eigenvalue weighted by atomic mass is 10.0. The van der Waals surface area contributed by atoms with Gasteiger partial charge in [0.1, 0.15) is 0 Å². The van der Waals surface area contributed by atoms with Crippen molar-refractivity contribution in [3.05, 3.63) is 0 Å². The van der Waals surface area contributed by atoms with Gasteiger partial charge in [-0.3, -0.25) is 0 Å². The first-order chi connectivity index (χ1) is 6.31. The molecule has 0 spiro atoms. The van der Waals surface area contributed by atoms with E-state index in [9.17, 15) is 4.79 Å². The SMILES string of the molecule is CNC(=O)NC1C2C3CCC(C3)C12. The summed E-state index contributed by atoms with van der Waals surface area (Å²) in [5.41, 5.74) is 0. The highest BCUT2D eigenvalue weighted by molar-refractivity contribution is 5.74. The molecule has 2 bridgehead atoms. The fourth-order valence-electron chi connectivity index (χ4n) is 3.74. The zero-order valence-corrected chi connectivity index (χ0v) is 7.92. The van der Waals surface area contributed by atoms with Crippen LogP contribution < -0.4 is 10.6 Å². The molecule has 3 saturated carbocycles. The van der Waals surface area contributed by atoms with Gasteiger partial charge in [0.2, 0.25) is 0 Å². The Kier molecular flexibility index (Phi) is 1.41. The van der Waals surface area contributed by atoms with Crippen LogP contribution in [-0.4, -0.2) is 19.1 Å². The summed E-state index contributed by atoms with van der Waals surface area (Å²) in [6.45, 7) is 0. The van der Waals surface area contributed by atoms with Crippen molar-refractivity contribution in [1.82, 2.24) is 10.6 Å². The first kappa shape index (κ1) is 7.65. The Hall–Kier alpha value is -0.730. The monoisotopic (exact) mass is 180 g/mol. The molecular formula is C10H16N2O. The van der Waals surface area contributed by atoms with Gasteiger partial charge in [-0.15, -0.1) is 0 Å². The predicted molar refractivity (Wildman–Crippen MR) is 49.2 cm³/mol. The van der Waals surface area contributed by atoms with Gasteiger partial charge in [0.15, 0.2) is 0 Å². The minimum absolute atomic E-state index is 0.00111. The fourth-order valence-corrected chi connectivity index (χ4v) is 3.74. The molecule has 0 radical (unpaired) electrons. The summed E-state index contributed by atoms with van der Waals surface area (Å²) in [5, 5.41) is 5.68. The van der Waals surface area contributed by atoms with E-state index >= 15 is 0 Å². The molecule has 3 heteroatoms. The molecule has 3 aliphatic carbocycles. The molecule has 0 aromatic rings. The Morgan fingerprint density at radius 2 is 1.85 bits per heavy atom.